The molecular formula is C12H19N3O. The summed E-state index contributed by atoms with van der Waals surface area (Å²) in [7, 11) is 0. The van der Waals surface area contributed by atoms with Gasteiger partial charge in [-0.05, 0) is 12.8 Å². The Kier molecular flexibility index (Phi) is 2.91. The van der Waals surface area contributed by atoms with Crippen LogP contribution in [0.5, 0.6) is 0 Å². The molecule has 16 heavy (non-hydrogen) atoms. The Morgan fingerprint density at radius 1 is 1.00 bits per heavy atom. The molecule has 2 heterocycles. The lowest BCUT2D eigenvalue weighted by Crippen LogP contribution is -2.40. The number of nitrogens with one attached hydrogen (secondary N) is 1. The van der Waals surface area contributed by atoms with Crippen molar-refractivity contribution in [2.45, 2.75) is 50.4 Å². The fourth-order valence-corrected chi connectivity index (χ4v) is 2.58. The van der Waals surface area contributed by atoms with Gasteiger partial charge < -0.3 is 9.84 Å². The first-order chi connectivity index (χ1) is 7.93. The Labute approximate surface area is 95.8 Å². The summed E-state index contributed by atoms with van der Waals surface area (Å²) in [4.78, 5) is 4.58. The minimum Gasteiger partial charge on any atom is -0.339 e. The minimum atomic E-state index is 0.489. The highest BCUT2D eigenvalue weighted by Gasteiger charge is 2.26. The molecule has 1 aliphatic carbocycles. The molecule has 1 saturated heterocycles. The van der Waals surface area contributed by atoms with Crippen LogP contribution in [0.2, 0.25) is 0 Å². The van der Waals surface area contributed by atoms with E-state index in [-0.39, 0.29) is 0 Å². The second-order valence-corrected chi connectivity index (χ2v) is 5.03. The number of nitrogens with zero attached hydrogens (tertiary/aromatic N) is 2. The molecule has 3 rings (SSSR count). The average Bonchev–Trinajstić information content (AvgIpc) is 2.52. The molecule has 88 valence electrons. The number of aromatic nitrogens is 2. The lowest BCUT2D eigenvalue weighted by molar-refractivity contribution is 0.329. The van der Waals surface area contributed by atoms with Gasteiger partial charge in [0.2, 0.25) is 5.89 Å². The molecule has 4 heteroatoms. The van der Waals surface area contributed by atoms with E-state index in [0.29, 0.717) is 11.8 Å². The van der Waals surface area contributed by atoms with E-state index in [1.165, 1.54) is 38.5 Å². The summed E-state index contributed by atoms with van der Waals surface area (Å²) in [5.74, 6) is 2.82. The lowest BCUT2D eigenvalue weighted by Gasteiger charge is -2.23. The second kappa shape index (κ2) is 4.53. The molecule has 2 aliphatic rings. The molecule has 0 atom stereocenters. The van der Waals surface area contributed by atoms with Crippen molar-refractivity contribution in [1.82, 2.24) is 15.5 Å². The largest absolute Gasteiger partial charge is 0.339 e. The van der Waals surface area contributed by atoms with E-state index < -0.39 is 0 Å². The van der Waals surface area contributed by atoms with Crippen LogP contribution in [0, 0.1) is 0 Å². The Bertz CT molecular complexity index is 338. The lowest BCUT2D eigenvalue weighted by atomic mass is 10.00. The molecule has 1 saturated carbocycles. The third kappa shape index (κ3) is 1.98. The summed E-state index contributed by atoms with van der Waals surface area (Å²) in [5, 5.41) is 7.35. The van der Waals surface area contributed by atoms with Gasteiger partial charge in [0.1, 0.15) is 0 Å². The summed E-state index contributed by atoms with van der Waals surface area (Å²) in [6.45, 7) is 2.01. The van der Waals surface area contributed by atoms with Crippen LogP contribution in [0.4, 0.5) is 0 Å². The molecule has 0 aromatic carbocycles. The van der Waals surface area contributed by atoms with Crippen LogP contribution < -0.4 is 5.32 Å². The van der Waals surface area contributed by atoms with Gasteiger partial charge in [0, 0.05) is 24.9 Å². The van der Waals surface area contributed by atoms with E-state index in [1.54, 1.807) is 0 Å². The fraction of sp³-hybridized carbons (Fsp3) is 0.833. The first-order valence-corrected chi connectivity index (χ1v) is 6.47. The number of hydrogen-bond donors (Lipinski definition) is 1. The molecule has 0 radical (unpaired) electrons. The van der Waals surface area contributed by atoms with Crippen molar-refractivity contribution in [1.29, 1.82) is 0 Å². The first kappa shape index (κ1) is 10.3. The van der Waals surface area contributed by atoms with Gasteiger partial charge in [-0.3, -0.25) is 0 Å². The van der Waals surface area contributed by atoms with Gasteiger partial charge in [-0.2, -0.15) is 4.98 Å². The van der Waals surface area contributed by atoms with Crippen molar-refractivity contribution in [3.63, 3.8) is 0 Å². The average molecular weight is 221 g/mol. The van der Waals surface area contributed by atoms with Crippen molar-refractivity contribution < 1.29 is 4.52 Å². The van der Waals surface area contributed by atoms with Crippen molar-refractivity contribution in [3.05, 3.63) is 11.7 Å². The molecule has 1 aromatic rings. The summed E-state index contributed by atoms with van der Waals surface area (Å²) in [6.07, 6.45) is 7.81. The zero-order valence-electron chi connectivity index (χ0n) is 9.61. The molecule has 2 fully saturated rings. The zero-order valence-corrected chi connectivity index (χ0v) is 9.61. The van der Waals surface area contributed by atoms with Crippen molar-refractivity contribution >= 4 is 0 Å². The minimum absolute atomic E-state index is 0.489. The summed E-state index contributed by atoms with van der Waals surface area (Å²) in [6, 6.07) is 0. The van der Waals surface area contributed by atoms with Crippen LogP contribution in [0.1, 0.15) is 62.1 Å². The van der Waals surface area contributed by atoms with E-state index in [9.17, 15) is 0 Å². The van der Waals surface area contributed by atoms with E-state index >= 15 is 0 Å². The maximum absolute atomic E-state index is 5.43. The summed E-state index contributed by atoms with van der Waals surface area (Å²) in [5.41, 5.74) is 0. The number of hydrogen-bond acceptors (Lipinski definition) is 4. The van der Waals surface area contributed by atoms with Gasteiger partial charge in [-0.15, -0.1) is 0 Å². The quantitative estimate of drug-likeness (QED) is 0.778. The highest BCUT2D eigenvalue weighted by molar-refractivity contribution is 5.04. The van der Waals surface area contributed by atoms with E-state index in [2.05, 4.69) is 15.5 Å². The molecule has 1 aromatic heterocycles. The molecule has 1 N–H and O–H groups in total. The second-order valence-electron chi connectivity index (χ2n) is 5.03. The third-order valence-electron chi connectivity index (χ3n) is 3.81. The topological polar surface area (TPSA) is 51.0 Å². The van der Waals surface area contributed by atoms with Gasteiger partial charge in [0.25, 0.3) is 0 Å². The fourth-order valence-electron chi connectivity index (χ4n) is 2.58. The molecule has 0 spiro atoms. The summed E-state index contributed by atoms with van der Waals surface area (Å²) < 4.78 is 5.43. The van der Waals surface area contributed by atoms with Crippen molar-refractivity contribution in [3.8, 4) is 0 Å². The van der Waals surface area contributed by atoms with Crippen LogP contribution in [0.3, 0.4) is 0 Å². The van der Waals surface area contributed by atoms with Crippen LogP contribution >= 0.6 is 0 Å². The third-order valence-corrected chi connectivity index (χ3v) is 3.81. The Balaban J connectivity index is 1.70. The van der Waals surface area contributed by atoms with Crippen LogP contribution in [-0.2, 0) is 0 Å². The predicted molar refractivity (Wildman–Crippen MR) is 60.4 cm³/mol. The Morgan fingerprint density at radius 3 is 2.38 bits per heavy atom. The molecule has 0 amide bonds. The van der Waals surface area contributed by atoms with Gasteiger partial charge in [-0.25, -0.2) is 0 Å². The molecule has 1 aliphatic heterocycles. The standard InChI is InChI=1S/C12H19N3O/c1-2-4-6-9(5-3-1)12-14-11(15-16-12)10-7-13-8-10/h9-10,13H,1-8H2. The van der Waals surface area contributed by atoms with Crippen molar-refractivity contribution in [2.75, 3.05) is 13.1 Å². The monoisotopic (exact) mass is 221 g/mol. The molecule has 0 bridgehead atoms. The maximum atomic E-state index is 5.43. The van der Waals surface area contributed by atoms with Gasteiger partial charge in [-0.1, -0.05) is 30.8 Å². The van der Waals surface area contributed by atoms with Crippen LogP contribution in [0.25, 0.3) is 0 Å². The van der Waals surface area contributed by atoms with Crippen LogP contribution in [-0.4, -0.2) is 23.2 Å². The molecule has 4 nitrogen and oxygen atoms in total. The normalized spacial score (nSPS) is 24.0. The first-order valence-electron chi connectivity index (χ1n) is 6.47. The highest BCUT2D eigenvalue weighted by Crippen LogP contribution is 2.31. The predicted octanol–water partition coefficient (Wildman–Crippen LogP) is 2.19. The maximum Gasteiger partial charge on any atom is 0.229 e. The summed E-state index contributed by atoms with van der Waals surface area (Å²) >= 11 is 0. The Hall–Kier alpha value is -0.900. The smallest absolute Gasteiger partial charge is 0.229 e. The van der Waals surface area contributed by atoms with Crippen LogP contribution in [0.15, 0.2) is 4.52 Å². The van der Waals surface area contributed by atoms with Gasteiger partial charge in [0.05, 0.1) is 0 Å². The van der Waals surface area contributed by atoms with E-state index in [4.69, 9.17) is 4.52 Å². The number of rotatable bonds is 2. The molecule has 0 unspecified atom stereocenters. The van der Waals surface area contributed by atoms with Crippen molar-refractivity contribution in [2.24, 2.45) is 0 Å². The highest BCUT2D eigenvalue weighted by atomic mass is 16.5. The SMILES string of the molecule is C1CCCC(c2nc(C3CNC3)no2)CC1. The van der Waals surface area contributed by atoms with E-state index in [1.807, 2.05) is 0 Å². The van der Waals surface area contributed by atoms with Gasteiger partial charge >= 0.3 is 0 Å². The molecular weight excluding hydrogens is 202 g/mol. The zero-order chi connectivity index (χ0) is 10.8. The van der Waals surface area contributed by atoms with Gasteiger partial charge in [0.15, 0.2) is 5.82 Å². The Morgan fingerprint density at radius 2 is 1.75 bits per heavy atom. The van der Waals surface area contributed by atoms with E-state index in [0.717, 1.165) is 24.8 Å².